The molecule has 130 valence electrons. The number of carbonyl (C=O) groups excluding carboxylic acids is 1. The Morgan fingerprint density at radius 3 is 2.88 bits per heavy atom. The van der Waals surface area contributed by atoms with E-state index < -0.39 is 36.8 Å². The highest BCUT2D eigenvalue weighted by atomic mass is 16.6. The number of hydrogen-bond acceptors (Lipinski definition) is 7. The van der Waals surface area contributed by atoms with E-state index in [1.807, 2.05) is 0 Å². The second-order valence-electron chi connectivity index (χ2n) is 5.77. The fourth-order valence-electron chi connectivity index (χ4n) is 2.99. The molecule has 2 aromatic rings. The Hall–Kier alpha value is -2.07. The van der Waals surface area contributed by atoms with Crippen molar-refractivity contribution in [3.05, 3.63) is 34.6 Å². The summed E-state index contributed by atoms with van der Waals surface area (Å²) < 4.78 is 13.4. The van der Waals surface area contributed by atoms with Gasteiger partial charge in [-0.15, -0.1) is 0 Å². The summed E-state index contributed by atoms with van der Waals surface area (Å²) in [5.74, 6) is -0.0887. The topological polar surface area (TPSA) is 115 Å². The molecule has 0 radical (unpaired) electrons. The van der Waals surface area contributed by atoms with Crippen LogP contribution < -0.4 is 5.69 Å². The van der Waals surface area contributed by atoms with E-state index in [1.165, 1.54) is 35.4 Å². The smallest absolute Gasteiger partial charge is 0.336 e. The van der Waals surface area contributed by atoms with Gasteiger partial charge in [-0.25, -0.2) is 14.2 Å². The summed E-state index contributed by atoms with van der Waals surface area (Å²) in [5.41, 5.74) is 0.431. The van der Waals surface area contributed by atoms with Crippen LogP contribution in [0.3, 0.4) is 0 Å². The predicted molar refractivity (Wildman–Crippen MR) is 81.6 cm³/mol. The Balaban J connectivity index is 2.08. The molecule has 3 heterocycles. The molecular weight excluding hydrogens is 318 g/mol. The third-order valence-corrected chi connectivity index (χ3v) is 4.13. The molecule has 0 amide bonds. The second-order valence-corrected chi connectivity index (χ2v) is 5.77. The number of rotatable bonds is 5. The zero-order valence-electron chi connectivity index (χ0n) is 13.3. The van der Waals surface area contributed by atoms with Crippen molar-refractivity contribution in [2.24, 2.45) is 0 Å². The van der Waals surface area contributed by atoms with E-state index in [0.29, 0.717) is 11.3 Å². The van der Waals surface area contributed by atoms with E-state index in [9.17, 15) is 19.8 Å². The lowest BCUT2D eigenvalue weighted by Gasteiger charge is -2.20. The van der Waals surface area contributed by atoms with Gasteiger partial charge in [0.05, 0.1) is 12.3 Å². The largest absolute Gasteiger partial charge is 0.394 e. The van der Waals surface area contributed by atoms with Crippen molar-refractivity contribution in [1.29, 1.82) is 0 Å². The molecule has 9 nitrogen and oxygen atoms in total. The van der Waals surface area contributed by atoms with E-state index in [4.69, 9.17) is 9.47 Å². The van der Waals surface area contributed by atoms with E-state index in [0.717, 1.165) is 0 Å². The highest BCUT2D eigenvalue weighted by Crippen LogP contribution is 2.30. The van der Waals surface area contributed by atoms with Crippen LogP contribution in [0, 0.1) is 0 Å². The van der Waals surface area contributed by atoms with Gasteiger partial charge in [0.2, 0.25) is 0 Å². The number of methoxy groups -OCH3 is 1. The molecule has 0 aromatic carbocycles. The third-order valence-electron chi connectivity index (χ3n) is 4.13. The molecule has 1 unspecified atom stereocenters. The summed E-state index contributed by atoms with van der Waals surface area (Å²) in [6.07, 6.45) is -0.554. The Morgan fingerprint density at radius 1 is 1.50 bits per heavy atom. The summed E-state index contributed by atoms with van der Waals surface area (Å²) in [6.45, 7) is 1.04. The fraction of sp³-hybridized carbons (Fsp3) is 0.533. The SMILES string of the molecule is CO[C@H]1C(O)[C@@H](CO)O[C@H]1n1ccc2ncc(CC(C)=O)n2c1=O. The maximum atomic E-state index is 12.8. The van der Waals surface area contributed by atoms with Crippen LogP contribution in [0.15, 0.2) is 23.3 Å². The quantitative estimate of drug-likeness (QED) is 0.711. The molecular formula is C15H19N3O6. The highest BCUT2D eigenvalue weighted by Gasteiger charge is 2.45. The van der Waals surface area contributed by atoms with E-state index in [1.54, 1.807) is 6.07 Å². The molecule has 9 heteroatoms. The lowest BCUT2D eigenvalue weighted by Crippen LogP contribution is -2.38. The number of fused-ring (bicyclic) bond motifs is 1. The van der Waals surface area contributed by atoms with Crippen molar-refractivity contribution >= 4 is 11.4 Å². The first-order valence-corrected chi connectivity index (χ1v) is 7.52. The van der Waals surface area contributed by atoms with Crippen LogP contribution in [0.25, 0.3) is 5.65 Å². The van der Waals surface area contributed by atoms with Gasteiger partial charge in [0.15, 0.2) is 6.23 Å². The molecule has 0 bridgehead atoms. The zero-order chi connectivity index (χ0) is 17.4. The minimum Gasteiger partial charge on any atom is -0.394 e. The van der Waals surface area contributed by atoms with Gasteiger partial charge in [0.1, 0.15) is 29.7 Å². The predicted octanol–water partition coefficient (Wildman–Crippen LogP) is -1.11. The third kappa shape index (κ3) is 2.65. The van der Waals surface area contributed by atoms with Gasteiger partial charge in [-0.3, -0.25) is 9.36 Å². The van der Waals surface area contributed by atoms with Crippen LogP contribution >= 0.6 is 0 Å². The van der Waals surface area contributed by atoms with E-state index in [2.05, 4.69) is 4.98 Å². The van der Waals surface area contributed by atoms with Crippen molar-refractivity contribution in [3.63, 3.8) is 0 Å². The van der Waals surface area contributed by atoms with Crippen molar-refractivity contribution in [2.45, 2.75) is 37.9 Å². The molecule has 1 aliphatic rings. The number of hydrogen-bond donors (Lipinski definition) is 2. The first kappa shape index (κ1) is 16.8. The van der Waals surface area contributed by atoms with Crippen LogP contribution in [-0.2, 0) is 20.7 Å². The number of aliphatic hydroxyl groups excluding tert-OH is 2. The zero-order valence-corrected chi connectivity index (χ0v) is 13.3. The fourth-order valence-corrected chi connectivity index (χ4v) is 2.99. The average Bonchev–Trinajstić information content (AvgIpc) is 3.08. The second kappa shape index (κ2) is 6.44. The summed E-state index contributed by atoms with van der Waals surface area (Å²) in [7, 11) is 1.39. The summed E-state index contributed by atoms with van der Waals surface area (Å²) in [5, 5.41) is 19.4. The summed E-state index contributed by atoms with van der Waals surface area (Å²) in [4.78, 5) is 28.3. The van der Waals surface area contributed by atoms with Gasteiger partial charge < -0.3 is 19.7 Å². The molecule has 1 fully saturated rings. The molecule has 2 N–H and O–H groups in total. The average molecular weight is 337 g/mol. The van der Waals surface area contributed by atoms with Crippen LogP contribution in [0.4, 0.5) is 0 Å². The monoisotopic (exact) mass is 337 g/mol. The van der Waals surface area contributed by atoms with Gasteiger partial charge in [-0.2, -0.15) is 0 Å². The van der Waals surface area contributed by atoms with Crippen LogP contribution in [-0.4, -0.2) is 62.0 Å². The normalized spacial score (nSPS) is 27.0. The molecule has 1 saturated heterocycles. The number of carbonyl (C=O) groups is 1. The molecule has 2 aromatic heterocycles. The highest BCUT2D eigenvalue weighted by molar-refractivity contribution is 5.77. The molecule has 0 saturated carbocycles. The molecule has 0 aliphatic carbocycles. The Bertz CT molecular complexity index is 813. The molecule has 0 spiro atoms. The molecule has 1 aliphatic heterocycles. The number of imidazole rings is 1. The Labute approximate surface area is 137 Å². The van der Waals surface area contributed by atoms with E-state index in [-0.39, 0.29) is 12.2 Å². The van der Waals surface area contributed by atoms with E-state index >= 15 is 0 Å². The minimum absolute atomic E-state index is 0.0849. The van der Waals surface area contributed by atoms with Crippen LogP contribution in [0.1, 0.15) is 18.8 Å². The maximum absolute atomic E-state index is 12.8. The lowest BCUT2D eigenvalue weighted by molar-refractivity contribution is -0.116. The molecule has 4 atom stereocenters. The minimum atomic E-state index is -1.06. The summed E-state index contributed by atoms with van der Waals surface area (Å²) in [6, 6.07) is 1.61. The van der Waals surface area contributed by atoms with Crippen LogP contribution in [0.5, 0.6) is 0 Å². The maximum Gasteiger partial charge on any atom is 0.336 e. The van der Waals surface area contributed by atoms with Gasteiger partial charge >= 0.3 is 5.69 Å². The summed E-state index contributed by atoms with van der Waals surface area (Å²) >= 11 is 0. The number of ketones is 1. The Kier molecular flexibility index (Phi) is 4.50. The van der Waals surface area contributed by atoms with Gasteiger partial charge in [0, 0.05) is 25.9 Å². The van der Waals surface area contributed by atoms with Crippen molar-refractivity contribution in [2.75, 3.05) is 13.7 Å². The number of Topliss-reactive ketones (excluding diaryl/α,β-unsaturated/α-hetero) is 1. The van der Waals surface area contributed by atoms with Gasteiger partial charge in [0.25, 0.3) is 0 Å². The standard InChI is InChI=1S/C15H19N3O6/c1-8(20)5-9-6-16-11-3-4-17(15(22)18(9)11)14-13(23-2)12(21)10(7-19)24-14/h3-4,6,10,12-14,19,21H,5,7H2,1-2H3/t10-,12?,13+,14-/m1/s1. The van der Waals surface area contributed by atoms with Gasteiger partial charge in [-0.1, -0.05) is 0 Å². The molecule has 24 heavy (non-hydrogen) atoms. The van der Waals surface area contributed by atoms with Crippen LogP contribution in [0.2, 0.25) is 0 Å². The first-order valence-electron chi connectivity index (χ1n) is 7.52. The van der Waals surface area contributed by atoms with Crippen molar-refractivity contribution in [1.82, 2.24) is 14.0 Å². The Morgan fingerprint density at radius 2 is 2.25 bits per heavy atom. The van der Waals surface area contributed by atoms with Gasteiger partial charge in [-0.05, 0) is 13.0 Å². The molecule has 3 rings (SSSR count). The first-order chi connectivity index (χ1) is 11.5. The number of aliphatic hydroxyl groups is 2. The number of nitrogens with zero attached hydrogens (tertiary/aromatic N) is 3. The number of aromatic nitrogens is 3. The van der Waals surface area contributed by atoms with Crippen molar-refractivity contribution < 1.29 is 24.5 Å². The number of ether oxygens (including phenoxy) is 2. The van der Waals surface area contributed by atoms with Crippen molar-refractivity contribution in [3.8, 4) is 0 Å². The lowest BCUT2D eigenvalue weighted by atomic mass is 10.1.